The van der Waals surface area contributed by atoms with Gasteiger partial charge in [0.25, 0.3) is 0 Å². The molecule has 1 rings (SSSR count). The second kappa shape index (κ2) is 4.24. The highest BCUT2D eigenvalue weighted by atomic mass is 19.1. The topological polar surface area (TPSA) is 46.2 Å². The third-order valence-corrected chi connectivity index (χ3v) is 2.02. The first-order chi connectivity index (χ1) is 6.49. The predicted molar refractivity (Wildman–Crippen MR) is 55.4 cm³/mol. The summed E-state index contributed by atoms with van der Waals surface area (Å²) in [5, 5.41) is 9.14. The minimum Gasteiger partial charge on any atom is -0.508 e. The molecule has 0 amide bonds. The van der Waals surface area contributed by atoms with Crippen molar-refractivity contribution in [2.75, 3.05) is 0 Å². The van der Waals surface area contributed by atoms with Crippen LogP contribution in [0.25, 0.3) is 6.08 Å². The molecule has 0 radical (unpaired) electrons. The molecule has 0 bridgehead atoms. The number of hydrogen-bond acceptors (Lipinski definition) is 2. The lowest BCUT2D eigenvalue weighted by Gasteiger charge is -2.05. The van der Waals surface area contributed by atoms with Crippen molar-refractivity contribution >= 4 is 6.08 Å². The van der Waals surface area contributed by atoms with Gasteiger partial charge in [-0.25, -0.2) is 4.39 Å². The molecule has 0 aliphatic heterocycles. The number of aromatic hydroxyl groups is 1. The molecule has 1 aromatic rings. The number of rotatable bonds is 2. The Bertz CT molecular complexity index is 338. The Balaban J connectivity index is 3.02. The van der Waals surface area contributed by atoms with Gasteiger partial charge in [-0.1, -0.05) is 11.6 Å². The van der Waals surface area contributed by atoms with Crippen molar-refractivity contribution in [3.63, 3.8) is 0 Å². The lowest BCUT2D eigenvalue weighted by molar-refractivity contribution is 0.469. The van der Waals surface area contributed by atoms with Gasteiger partial charge < -0.3 is 10.8 Å². The van der Waals surface area contributed by atoms with E-state index in [9.17, 15) is 4.39 Å². The molecule has 0 aromatic heterocycles. The number of phenols is 1. The molecule has 1 unspecified atom stereocenters. The number of hydrogen-bond donors (Lipinski definition) is 2. The van der Waals surface area contributed by atoms with Crippen LogP contribution in [0.15, 0.2) is 23.8 Å². The van der Waals surface area contributed by atoms with Gasteiger partial charge in [0.2, 0.25) is 0 Å². The highest BCUT2D eigenvalue weighted by Crippen LogP contribution is 2.17. The van der Waals surface area contributed by atoms with Crippen LogP contribution in [0.5, 0.6) is 5.75 Å². The third-order valence-electron chi connectivity index (χ3n) is 2.02. The monoisotopic (exact) mass is 195 g/mol. The largest absolute Gasteiger partial charge is 0.508 e. The number of nitrogens with two attached hydrogens (primary N) is 1. The van der Waals surface area contributed by atoms with Crippen LogP contribution in [0.1, 0.15) is 19.4 Å². The highest BCUT2D eigenvalue weighted by molar-refractivity contribution is 5.55. The van der Waals surface area contributed by atoms with Gasteiger partial charge in [0, 0.05) is 12.1 Å². The Hall–Kier alpha value is -1.35. The summed E-state index contributed by atoms with van der Waals surface area (Å²) in [6.45, 7) is 3.72. The van der Waals surface area contributed by atoms with Crippen molar-refractivity contribution in [2.45, 2.75) is 19.9 Å². The van der Waals surface area contributed by atoms with Crippen LogP contribution in [0.2, 0.25) is 0 Å². The smallest absolute Gasteiger partial charge is 0.127 e. The van der Waals surface area contributed by atoms with Crippen molar-refractivity contribution in [1.82, 2.24) is 0 Å². The first-order valence-corrected chi connectivity index (χ1v) is 4.42. The molecule has 2 nitrogen and oxygen atoms in total. The third kappa shape index (κ3) is 2.85. The molecule has 0 saturated carbocycles. The fourth-order valence-electron chi connectivity index (χ4n) is 1.07. The van der Waals surface area contributed by atoms with Gasteiger partial charge in [-0.15, -0.1) is 0 Å². The molecule has 0 aliphatic rings. The standard InChI is InChI=1S/C11H14FNO/c1-7(8(2)13)3-9-4-10(12)6-11(14)5-9/h3-6,8,14H,13H2,1-2H3/b7-3+. The fraction of sp³-hybridized carbons (Fsp3) is 0.273. The number of halogens is 1. The second-order valence-corrected chi connectivity index (χ2v) is 3.42. The van der Waals surface area contributed by atoms with E-state index in [-0.39, 0.29) is 11.8 Å². The van der Waals surface area contributed by atoms with Crippen LogP contribution in [0, 0.1) is 5.82 Å². The van der Waals surface area contributed by atoms with Crippen LogP contribution in [-0.2, 0) is 0 Å². The Kier molecular flexibility index (Phi) is 3.25. The second-order valence-electron chi connectivity index (χ2n) is 3.42. The molecule has 1 aromatic carbocycles. The maximum atomic E-state index is 12.9. The van der Waals surface area contributed by atoms with Gasteiger partial charge in [-0.05, 0) is 31.5 Å². The summed E-state index contributed by atoms with van der Waals surface area (Å²) in [5.74, 6) is -0.526. The maximum absolute atomic E-state index is 12.9. The van der Waals surface area contributed by atoms with E-state index in [2.05, 4.69) is 0 Å². The Morgan fingerprint density at radius 1 is 1.50 bits per heavy atom. The quantitative estimate of drug-likeness (QED) is 0.760. The van der Waals surface area contributed by atoms with Gasteiger partial charge in [0.15, 0.2) is 0 Å². The minimum atomic E-state index is -0.450. The van der Waals surface area contributed by atoms with Gasteiger partial charge in [0.05, 0.1) is 0 Å². The first-order valence-electron chi connectivity index (χ1n) is 4.42. The molecule has 3 heteroatoms. The number of benzene rings is 1. The summed E-state index contributed by atoms with van der Waals surface area (Å²) in [5.41, 5.74) is 7.20. The van der Waals surface area contributed by atoms with Crippen LogP contribution in [0.4, 0.5) is 4.39 Å². The zero-order valence-electron chi connectivity index (χ0n) is 8.29. The number of phenolic OH excluding ortho intramolecular Hbond substituents is 1. The molecule has 14 heavy (non-hydrogen) atoms. The zero-order valence-corrected chi connectivity index (χ0v) is 8.29. The van der Waals surface area contributed by atoms with E-state index in [4.69, 9.17) is 10.8 Å². The molecule has 0 heterocycles. The van der Waals surface area contributed by atoms with Crippen LogP contribution in [0.3, 0.4) is 0 Å². The normalized spacial score (nSPS) is 14.1. The predicted octanol–water partition coefficient (Wildman–Crippen LogP) is 2.28. The lowest BCUT2D eigenvalue weighted by Crippen LogP contribution is -2.15. The van der Waals surface area contributed by atoms with Crippen molar-refractivity contribution in [3.05, 3.63) is 35.2 Å². The molecule has 0 saturated heterocycles. The van der Waals surface area contributed by atoms with Gasteiger partial charge in [0.1, 0.15) is 11.6 Å². The fourth-order valence-corrected chi connectivity index (χ4v) is 1.07. The summed E-state index contributed by atoms with van der Waals surface area (Å²) in [7, 11) is 0. The molecule has 3 N–H and O–H groups in total. The summed E-state index contributed by atoms with van der Waals surface area (Å²) in [6, 6.07) is 3.85. The summed E-state index contributed by atoms with van der Waals surface area (Å²) < 4.78 is 12.9. The molecule has 0 aliphatic carbocycles. The van der Waals surface area contributed by atoms with E-state index < -0.39 is 5.82 Å². The average Bonchev–Trinajstić information content (AvgIpc) is 2.01. The SMILES string of the molecule is C/C(=C\c1cc(O)cc(F)c1)C(C)N. The van der Waals surface area contributed by atoms with Gasteiger partial charge in [-0.3, -0.25) is 0 Å². The van der Waals surface area contributed by atoms with Crippen molar-refractivity contribution < 1.29 is 9.50 Å². The Labute approximate surface area is 82.9 Å². The molecule has 1 atom stereocenters. The molecular weight excluding hydrogens is 181 g/mol. The van der Waals surface area contributed by atoms with Crippen LogP contribution >= 0.6 is 0 Å². The molecule has 0 fully saturated rings. The van der Waals surface area contributed by atoms with Crippen LogP contribution in [-0.4, -0.2) is 11.1 Å². The van der Waals surface area contributed by atoms with Crippen molar-refractivity contribution in [3.8, 4) is 5.75 Å². The molecular formula is C11H14FNO. The summed E-state index contributed by atoms with van der Waals surface area (Å²) in [6.07, 6.45) is 1.76. The Morgan fingerprint density at radius 3 is 2.64 bits per heavy atom. The van der Waals surface area contributed by atoms with Crippen LogP contribution < -0.4 is 5.73 Å². The molecule has 76 valence electrons. The molecule has 0 spiro atoms. The Morgan fingerprint density at radius 2 is 2.14 bits per heavy atom. The van der Waals surface area contributed by atoms with E-state index in [1.165, 1.54) is 12.1 Å². The van der Waals surface area contributed by atoms with E-state index in [0.29, 0.717) is 5.56 Å². The zero-order chi connectivity index (χ0) is 10.7. The highest BCUT2D eigenvalue weighted by Gasteiger charge is 2.00. The average molecular weight is 195 g/mol. The van der Waals surface area contributed by atoms with Gasteiger partial charge >= 0.3 is 0 Å². The minimum absolute atomic E-state index is 0.0691. The summed E-state index contributed by atoms with van der Waals surface area (Å²) in [4.78, 5) is 0. The van der Waals surface area contributed by atoms with Crippen molar-refractivity contribution in [1.29, 1.82) is 0 Å². The van der Waals surface area contributed by atoms with E-state index in [1.54, 1.807) is 6.08 Å². The van der Waals surface area contributed by atoms with Gasteiger partial charge in [-0.2, -0.15) is 0 Å². The maximum Gasteiger partial charge on any atom is 0.127 e. The summed E-state index contributed by atoms with van der Waals surface area (Å²) >= 11 is 0. The lowest BCUT2D eigenvalue weighted by atomic mass is 10.1. The van der Waals surface area contributed by atoms with E-state index >= 15 is 0 Å². The van der Waals surface area contributed by atoms with E-state index in [1.807, 2.05) is 13.8 Å². The van der Waals surface area contributed by atoms with E-state index in [0.717, 1.165) is 11.6 Å². The first kappa shape index (κ1) is 10.7. The van der Waals surface area contributed by atoms with Crippen molar-refractivity contribution in [2.24, 2.45) is 5.73 Å².